The molecule has 22 heavy (non-hydrogen) atoms. The Morgan fingerprint density at radius 1 is 1.36 bits per heavy atom. The monoisotopic (exact) mass is 311 g/mol. The van der Waals surface area contributed by atoms with Crippen LogP contribution in [0.25, 0.3) is 0 Å². The standard InChI is InChI=1S/C15H15F2NO4/c16-8-1-2-9(12(17)5-8)10-6-11(10)13(19)18-15(14(20)21)3-4-22-7-15/h1-2,5,10-11H,3-4,6-7H2,(H,18,19)(H,20,21). The average molecular weight is 311 g/mol. The molecule has 2 aliphatic rings. The first-order valence-electron chi connectivity index (χ1n) is 7.01. The molecule has 0 bridgehead atoms. The van der Waals surface area contributed by atoms with Crippen molar-refractivity contribution in [2.24, 2.45) is 5.92 Å². The number of carboxylic acids is 1. The minimum Gasteiger partial charge on any atom is -0.479 e. The number of rotatable bonds is 4. The van der Waals surface area contributed by atoms with Gasteiger partial charge in [-0.25, -0.2) is 13.6 Å². The molecule has 2 N–H and O–H groups in total. The largest absolute Gasteiger partial charge is 0.479 e. The van der Waals surface area contributed by atoms with Crippen LogP contribution in [-0.2, 0) is 14.3 Å². The zero-order valence-corrected chi connectivity index (χ0v) is 11.6. The minimum atomic E-state index is -1.40. The zero-order valence-electron chi connectivity index (χ0n) is 11.6. The molecule has 1 amide bonds. The van der Waals surface area contributed by atoms with Crippen molar-refractivity contribution >= 4 is 11.9 Å². The predicted octanol–water partition coefficient (Wildman–Crippen LogP) is 1.43. The van der Waals surface area contributed by atoms with Crippen molar-refractivity contribution in [3.8, 4) is 0 Å². The summed E-state index contributed by atoms with van der Waals surface area (Å²) in [5.74, 6) is -3.75. The zero-order chi connectivity index (χ0) is 15.9. The fourth-order valence-electron chi connectivity index (χ4n) is 2.84. The van der Waals surface area contributed by atoms with E-state index in [-0.39, 0.29) is 31.1 Å². The Bertz CT molecular complexity index is 628. The first-order valence-corrected chi connectivity index (χ1v) is 7.01. The van der Waals surface area contributed by atoms with Crippen LogP contribution in [0.2, 0.25) is 0 Å². The summed E-state index contributed by atoms with van der Waals surface area (Å²) in [6.07, 6.45) is 0.626. The molecule has 1 aromatic rings. The van der Waals surface area contributed by atoms with Gasteiger partial charge in [-0.3, -0.25) is 4.79 Å². The third-order valence-electron chi connectivity index (χ3n) is 4.28. The molecule has 118 valence electrons. The highest BCUT2D eigenvalue weighted by molar-refractivity contribution is 5.90. The van der Waals surface area contributed by atoms with Crippen LogP contribution in [0.15, 0.2) is 18.2 Å². The van der Waals surface area contributed by atoms with Crippen molar-refractivity contribution in [3.63, 3.8) is 0 Å². The Labute approximate surface area is 125 Å². The summed E-state index contributed by atoms with van der Waals surface area (Å²) in [5, 5.41) is 11.8. The van der Waals surface area contributed by atoms with Gasteiger partial charge in [-0.1, -0.05) is 6.07 Å². The van der Waals surface area contributed by atoms with Gasteiger partial charge in [0.15, 0.2) is 5.54 Å². The van der Waals surface area contributed by atoms with Gasteiger partial charge in [0, 0.05) is 25.0 Å². The normalized spacial score (nSPS) is 30.1. The molecule has 1 aromatic carbocycles. The second-order valence-corrected chi connectivity index (χ2v) is 5.79. The van der Waals surface area contributed by atoms with E-state index in [0.29, 0.717) is 6.42 Å². The Morgan fingerprint density at radius 3 is 2.73 bits per heavy atom. The van der Waals surface area contributed by atoms with Gasteiger partial charge in [0.1, 0.15) is 11.6 Å². The lowest BCUT2D eigenvalue weighted by Gasteiger charge is -2.23. The van der Waals surface area contributed by atoms with E-state index in [4.69, 9.17) is 4.74 Å². The van der Waals surface area contributed by atoms with E-state index in [1.807, 2.05) is 0 Å². The van der Waals surface area contributed by atoms with Crippen LogP contribution in [0.1, 0.15) is 24.3 Å². The highest BCUT2D eigenvalue weighted by atomic mass is 19.1. The van der Waals surface area contributed by atoms with Gasteiger partial charge in [-0.05, 0) is 24.0 Å². The lowest BCUT2D eigenvalue weighted by atomic mass is 9.98. The summed E-state index contributed by atoms with van der Waals surface area (Å²) in [5.41, 5.74) is -1.11. The Balaban J connectivity index is 1.69. The molecule has 1 aliphatic carbocycles. The van der Waals surface area contributed by atoms with Crippen molar-refractivity contribution < 1.29 is 28.2 Å². The number of amides is 1. The number of hydrogen-bond donors (Lipinski definition) is 2. The quantitative estimate of drug-likeness (QED) is 0.882. The minimum absolute atomic E-state index is 0.0730. The maximum Gasteiger partial charge on any atom is 0.331 e. The van der Waals surface area contributed by atoms with E-state index in [9.17, 15) is 23.5 Å². The molecule has 1 heterocycles. The van der Waals surface area contributed by atoms with E-state index < -0.39 is 35.0 Å². The molecular formula is C15H15F2NO4. The second kappa shape index (κ2) is 5.31. The number of hydrogen-bond acceptors (Lipinski definition) is 3. The summed E-state index contributed by atoms with van der Waals surface area (Å²) in [7, 11) is 0. The van der Waals surface area contributed by atoms with Crippen LogP contribution >= 0.6 is 0 Å². The van der Waals surface area contributed by atoms with Gasteiger partial charge in [-0.15, -0.1) is 0 Å². The van der Waals surface area contributed by atoms with Crippen LogP contribution in [-0.4, -0.2) is 35.7 Å². The van der Waals surface area contributed by atoms with Gasteiger partial charge in [0.05, 0.1) is 6.61 Å². The Morgan fingerprint density at radius 2 is 2.14 bits per heavy atom. The number of halogens is 2. The predicted molar refractivity (Wildman–Crippen MR) is 71.2 cm³/mol. The first-order chi connectivity index (χ1) is 10.4. The van der Waals surface area contributed by atoms with E-state index in [1.54, 1.807) is 0 Å². The molecule has 2 fully saturated rings. The van der Waals surface area contributed by atoms with Gasteiger partial charge in [0.25, 0.3) is 0 Å². The lowest BCUT2D eigenvalue weighted by molar-refractivity contribution is -0.147. The van der Waals surface area contributed by atoms with E-state index in [2.05, 4.69) is 5.32 Å². The van der Waals surface area contributed by atoms with Crippen molar-refractivity contribution in [1.29, 1.82) is 0 Å². The SMILES string of the molecule is O=C(NC1(C(=O)O)CCOC1)C1CC1c1ccc(F)cc1F. The number of carbonyl (C=O) groups is 2. The van der Waals surface area contributed by atoms with Crippen LogP contribution in [0.3, 0.4) is 0 Å². The molecule has 7 heteroatoms. The third-order valence-corrected chi connectivity index (χ3v) is 4.28. The number of carboxylic acid groups (broad SMARTS) is 1. The van der Waals surface area contributed by atoms with Crippen molar-refractivity contribution in [1.82, 2.24) is 5.32 Å². The van der Waals surface area contributed by atoms with Crippen LogP contribution in [0, 0.1) is 17.6 Å². The first kappa shape index (κ1) is 14.9. The molecule has 0 aromatic heterocycles. The van der Waals surface area contributed by atoms with Crippen LogP contribution < -0.4 is 5.32 Å². The summed E-state index contributed by atoms with van der Waals surface area (Å²) < 4.78 is 31.7. The van der Waals surface area contributed by atoms with Gasteiger partial charge in [0.2, 0.25) is 5.91 Å². The van der Waals surface area contributed by atoms with Crippen molar-refractivity contribution in [2.75, 3.05) is 13.2 Å². The topological polar surface area (TPSA) is 75.6 Å². The van der Waals surface area contributed by atoms with E-state index >= 15 is 0 Å². The van der Waals surface area contributed by atoms with Gasteiger partial charge >= 0.3 is 5.97 Å². The lowest BCUT2D eigenvalue weighted by Crippen LogP contribution is -2.55. The van der Waals surface area contributed by atoms with E-state index in [0.717, 1.165) is 12.1 Å². The number of carbonyl (C=O) groups excluding carboxylic acids is 1. The number of benzene rings is 1. The maximum atomic E-state index is 13.7. The van der Waals surface area contributed by atoms with E-state index in [1.165, 1.54) is 6.07 Å². The van der Waals surface area contributed by atoms with Gasteiger partial charge < -0.3 is 15.2 Å². The fraction of sp³-hybridized carbons (Fsp3) is 0.467. The molecular weight excluding hydrogens is 296 g/mol. The van der Waals surface area contributed by atoms with Crippen molar-refractivity contribution in [2.45, 2.75) is 24.3 Å². The molecule has 3 unspecified atom stereocenters. The highest BCUT2D eigenvalue weighted by Gasteiger charge is 2.50. The molecule has 0 spiro atoms. The van der Waals surface area contributed by atoms with Crippen LogP contribution in [0.4, 0.5) is 8.78 Å². The number of ether oxygens (including phenoxy) is 1. The molecule has 3 atom stereocenters. The molecule has 1 saturated carbocycles. The summed E-state index contributed by atoms with van der Waals surface area (Å²) in [6, 6.07) is 3.26. The second-order valence-electron chi connectivity index (χ2n) is 5.79. The smallest absolute Gasteiger partial charge is 0.331 e. The molecule has 3 rings (SSSR count). The highest BCUT2D eigenvalue weighted by Crippen LogP contribution is 2.48. The number of aliphatic carboxylic acids is 1. The average Bonchev–Trinajstić information content (AvgIpc) is 3.10. The fourth-order valence-corrected chi connectivity index (χ4v) is 2.84. The van der Waals surface area contributed by atoms with Crippen LogP contribution in [0.5, 0.6) is 0 Å². The summed E-state index contributed by atoms with van der Waals surface area (Å²) >= 11 is 0. The third kappa shape index (κ3) is 2.56. The summed E-state index contributed by atoms with van der Waals surface area (Å²) in [6.45, 7) is 0.198. The maximum absolute atomic E-state index is 13.7. The molecule has 1 saturated heterocycles. The molecule has 5 nitrogen and oxygen atoms in total. The molecule has 1 aliphatic heterocycles. The van der Waals surface area contributed by atoms with Crippen molar-refractivity contribution in [3.05, 3.63) is 35.4 Å². The molecule has 0 radical (unpaired) electrons. The van der Waals surface area contributed by atoms with Gasteiger partial charge in [-0.2, -0.15) is 0 Å². The Kier molecular flexibility index (Phi) is 3.60. The Hall–Kier alpha value is -2.02. The number of nitrogens with one attached hydrogen (secondary N) is 1. The summed E-state index contributed by atoms with van der Waals surface area (Å²) in [4.78, 5) is 23.6.